The lowest BCUT2D eigenvalue weighted by Gasteiger charge is -2.26. The van der Waals surface area contributed by atoms with Gasteiger partial charge in [0.25, 0.3) is 5.91 Å². The second kappa shape index (κ2) is 6.67. The highest BCUT2D eigenvalue weighted by atomic mass is 16.3. The molecule has 7 heteroatoms. The number of aromatic amines is 1. The second-order valence-corrected chi connectivity index (χ2v) is 7.30. The third-order valence-electron chi connectivity index (χ3n) is 5.34. The molecule has 3 aromatic rings. The molecule has 7 nitrogen and oxygen atoms in total. The van der Waals surface area contributed by atoms with Crippen molar-refractivity contribution in [3.05, 3.63) is 54.1 Å². The van der Waals surface area contributed by atoms with Crippen LogP contribution in [0.3, 0.4) is 0 Å². The molecule has 2 amide bonds. The van der Waals surface area contributed by atoms with Gasteiger partial charge < -0.3 is 19.6 Å². The summed E-state index contributed by atoms with van der Waals surface area (Å²) >= 11 is 0. The van der Waals surface area contributed by atoms with Crippen LogP contribution in [0.4, 0.5) is 5.82 Å². The Hall–Kier alpha value is -3.35. The molecule has 0 aromatic carbocycles. The molecule has 2 aliphatic rings. The lowest BCUT2D eigenvalue weighted by molar-refractivity contribution is -0.117. The van der Waals surface area contributed by atoms with Gasteiger partial charge in [-0.25, -0.2) is 4.98 Å². The van der Waals surface area contributed by atoms with Crippen molar-refractivity contribution in [3.63, 3.8) is 0 Å². The zero-order valence-electron chi connectivity index (χ0n) is 15.3. The summed E-state index contributed by atoms with van der Waals surface area (Å²) in [5.41, 5.74) is 3.53. The molecule has 0 atom stereocenters. The van der Waals surface area contributed by atoms with Gasteiger partial charge in [0.05, 0.1) is 11.8 Å². The lowest BCUT2D eigenvalue weighted by atomic mass is 9.97. The minimum Gasteiger partial charge on any atom is -0.472 e. The average molecular weight is 376 g/mol. The number of carbonyl (C=O) groups is 2. The SMILES string of the molecule is O=C(Nc1cc(C2=CCN(C(=O)c3ccoc3)CC2)c2cc[nH]c2n1)C1CC1. The fourth-order valence-electron chi connectivity index (χ4n) is 3.61. The van der Waals surface area contributed by atoms with Gasteiger partial charge >= 0.3 is 0 Å². The Morgan fingerprint density at radius 2 is 2.18 bits per heavy atom. The van der Waals surface area contributed by atoms with Crippen LogP contribution < -0.4 is 5.32 Å². The Labute approximate surface area is 161 Å². The van der Waals surface area contributed by atoms with Crippen molar-refractivity contribution in [2.24, 2.45) is 5.92 Å². The summed E-state index contributed by atoms with van der Waals surface area (Å²) in [6.45, 7) is 1.17. The number of pyridine rings is 1. The largest absolute Gasteiger partial charge is 0.472 e. The van der Waals surface area contributed by atoms with Crippen molar-refractivity contribution in [1.82, 2.24) is 14.9 Å². The van der Waals surface area contributed by atoms with Crippen LogP contribution in [0.15, 0.2) is 47.4 Å². The highest BCUT2D eigenvalue weighted by Gasteiger charge is 2.30. The maximum atomic E-state index is 12.5. The molecule has 1 fully saturated rings. The first-order chi connectivity index (χ1) is 13.7. The van der Waals surface area contributed by atoms with Crippen LogP contribution in [0.1, 0.15) is 35.2 Å². The Morgan fingerprint density at radius 1 is 1.29 bits per heavy atom. The molecule has 5 rings (SSSR count). The van der Waals surface area contributed by atoms with Crippen LogP contribution in [0.5, 0.6) is 0 Å². The van der Waals surface area contributed by atoms with Crippen molar-refractivity contribution >= 4 is 34.2 Å². The molecule has 1 saturated carbocycles. The number of H-pyrrole nitrogens is 1. The van der Waals surface area contributed by atoms with Gasteiger partial charge in [-0.05, 0) is 48.6 Å². The number of carbonyl (C=O) groups excluding carboxylic acids is 2. The van der Waals surface area contributed by atoms with Gasteiger partial charge in [-0.1, -0.05) is 6.08 Å². The van der Waals surface area contributed by atoms with E-state index in [1.807, 2.05) is 18.3 Å². The maximum absolute atomic E-state index is 12.5. The number of nitrogens with one attached hydrogen (secondary N) is 2. The number of nitrogens with zero attached hydrogens (tertiary/aromatic N) is 2. The number of anilines is 1. The predicted octanol–water partition coefficient (Wildman–Crippen LogP) is 3.43. The van der Waals surface area contributed by atoms with Crippen molar-refractivity contribution in [3.8, 4) is 0 Å². The quantitative estimate of drug-likeness (QED) is 0.730. The van der Waals surface area contributed by atoms with Gasteiger partial charge in [0.15, 0.2) is 0 Å². The van der Waals surface area contributed by atoms with Gasteiger partial charge in [0.2, 0.25) is 5.91 Å². The summed E-state index contributed by atoms with van der Waals surface area (Å²) in [5, 5.41) is 3.96. The van der Waals surface area contributed by atoms with E-state index in [1.165, 1.54) is 12.5 Å². The first kappa shape index (κ1) is 16.8. The standard InChI is InChI=1S/C21H20N4O3/c26-20(14-1-2-14)24-18-11-17(16-3-7-22-19(16)23-18)13-4-8-25(9-5-13)21(27)15-6-10-28-12-15/h3-4,6-7,10-12,14H,1-2,5,8-9H2,(H2,22,23,24,26). The number of fused-ring (bicyclic) bond motifs is 1. The van der Waals surface area contributed by atoms with E-state index in [9.17, 15) is 9.59 Å². The lowest BCUT2D eigenvalue weighted by Crippen LogP contribution is -2.34. The van der Waals surface area contributed by atoms with Gasteiger partial charge in [0, 0.05) is 30.6 Å². The molecule has 1 aliphatic carbocycles. The van der Waals surface area contributed by atoms with E-state index >= 15 is 0 Å². The summed E-state index contributed by atoms with van der Waals surface area (Å²) in [5.74, 6) is 0.711. The molecule has 4 heterocycles. The van der Waals surface area contributed by atoms with Crippen LogP contribution >= 0.6 is 0 Å². The molecule has 0 saturated heterocycles. The number of hydrogen-bond acceptors (Lipinski definition) is 4. The number of amides is 2. The maximum Gasteiger partial charge on any atom is 0.257 e. The minimum absolute atomic E-state index is 0.0250. The smallest absolute Gasteiger partial charge is 0.257 e. The molecule has 142 valence electrons. The molecule has 2 N–H and O–H groups in total. The topological polar surface area (TPSA) is 91.2 Å². The summed E-state index contributed by atoms with van der Waals surface area (Å²) < 4.78 is 5.01. The van der Waals surface area contributed by atoms with Gasteiger partial charge in [-0.15, -0.1) is 0 Å². The second-order valence-electron chi connectivity index (χ2n) is 7.30. The molecular formula is C21H20N4O3. The summed E-state index contributed by atoms with van der Waals surface area (Å²) in [4.78, 5) is 34.1. The molecule has 0 unspecified atom stereocenters. The highest BCUT2D eigenvalue weighted by molar-refractivity contribution is 5.98. The first-order valence-electron chi connectivity index (χ1n) is 9.49. The summed E-state index contributed by atoms with van der Waals surface area (Å²) in [6, 6.07) is 5.62. The van der Waals surface area contributed by atoms with Crippen LogP contribution in [-0.2, 0) is 4.79 Å². The summed E-state index contributed by atoms with van der Waals surface area (Å²) in [6.07, 6.45) is 9.56. The third kappa shape index (κ3) is 3.09. The van der Waals surface area contributed by atoms with Crippen molar-refractivity contribution in [1.29, 1.82) is 0 Å². The van der Waals surface area contributed by atoms with E-state index in [2.05, 4.69) is 21.4 Å². The van der Waals surface area contributed by atoms with E-state index in [0.717, 1.165) is 41.4 Å². The first-order valence-corrected chi connectivity index (χ1v) is 9.49. The monoisotopic (exact) mass is 376 g/mol. The Morgan fingerprint density at radius 3 is 2.89 bits per heavy atom. The van der Waals surface area contributed by atoms with Gasteiger partial charge in [0.1, 0.15) is 17.7 Å². The zero-order chi connectivity index (χ0) is 19.1. The fraction of sp³-hybridized carbons (Fsp3) is 0.286. The average Bonchev–Trinajstić information content (AvgIpc) is 3.22. The van der Waals surface area contributed by atoms with Gasteiger partial charge in [-0.2, -0.15) is 0 Å². The van der Waals surface area contributed by atoms with E-state index in [4.69, 9.17) is 4.42 Å². The molecule has 0 spiro atoms. The van der Waals surface area contributed by atoms with Crippen molar-refractivity contribution < 1.29 is 14.0 Å². The zero-order valence-corrected chi connectivity index (χ0v) is 15.3. The van der Waals surface area contributed by atoms with E-state index in [1.54, 1.807) is 11.0 Å². The van der Waals surface area contributed by atoms with Crippen LogP contribution in [0.2, 0.25) is 0 Å². The Kier molecular flexibility index (Phi) is 4.00. The Bertz CT molecular complexity index is 1080. The summed E-state index contributed by atoms with van der Waals surface area (Å²) in [7, 11) is 0. The molecule has 1 aliphatic heterocycles. The molecule has 28 heavy (non-hydrogen) atoms. The molecular weight excluding hydrogens is 356 g/mol. The van der Waals surface area contributed by atoms with Crippen LogP contribution in [-0.4, -0.2) is 39.8 Å². The predicted molar refractivity (Wildman–Crippen MR) is 105 cm³/mol. The van der Waals surface area contributed by atoms with E-state index in [-0.39, 0.29) is 17.7 Å². The fourth-order valence-corrected chi connectivity index (χ4v) is 3.61. The molecule has 0 bridgehead atoms. The highest BCUT2D eigenvalue weighted by Crippen LogP contribution is 2.33. The van der Waals surface area contributed by atoms with Crippen LogP contribution in [0.25, 0.3) is 16.6 Å². The number of rotatable bonds is 4. The van der Waals surface area contributed by atoms with Gasteiger partial charge in [-0.3, -0.25) is 9.59 Å². The van der Waals surface area contributed by atoms with Crippen LogP contribution in [0, 0.1) is 5.92 Å². The minimum atomic E-state index is -0.0250. The molecule has 0 radical (unpaired) electrons. The number of hydrogen-bond donors (Lipinski definition) is 2. The number of furan rings is 1. The normalized spacial score (nSPS) is 16.9. The van der Waals surface area contributed by atoms with Crippen molar-refractivity contribution in [2.45, 2.75) is 19.3 Å². The third-order valence-corrected chi connectivity index (χ3v) is 5.34. The van der Waals surface area contributed by atoms with E-state index < -0.39 is 0 Å². The Balaban J connectivity index is 1.41. The molecule has 3 aromatic heterocycles. The van der Waals surface area contributed by atoms with Crippen molar-refractivity contribution in [2.75, 3.05) is 18.4 Å². The van der Waals surface area contributed by atoms with E-state index in [0.29, 0.717) is 24.5 Å². The number of aromatic nitrogens is 2.